The SMILES string of the molecule is Cc1nc2c(c(=O)[nH]1)CCN(Cc1cn(CC(=O)O)c3ccccc13)C2. The standard InChI is InChI=1S/C19H20N4O3/c1-12-20-16-10-22(7-6-15(16)19(26)21-12)8-13-9-23(11-18(24)25)17-5-3-2-4-14(13)17/h2-5,9H,6-8,10-11H2,1H3,(H,24,25)(H,20,21,26). The first kappa shape index (κ1) is 16.5. The molecule has 2 aromatic heterocycles. The summed E-state index contributed by atoms with van der Waals surface area (Å²) < 4.78 is 1.78. The Morgan fingerprint density at radius 1 is 1.35 bits per heavy atom. The smallest absolute Gasteiger partial charge is 0.323 e. The van der Waals surface area contributed by atoms with Crippen LogP contribution in [0, 0.1) is 6.92 Å². The number of rotatable bonds is 4. The number of nitrogens with one attached hydrogen (secondary N) is 1. The van der Waals surface area contributed by atoms with Crippen LogP contribution in [0.1, 0.15) is 22.6 Å². The van der Waals surface area contributed by atoms with E-state index in [4.69, 9.17) is 5.11 Å². The van der Waals surface area contributed by atoms with Crippen LogP contribution in [-0.4, -0.2) is 37.1 Å². The van der Waals surface area contributed by atoms with Gasteiger partial charge in [0, 0.05) is 42.3 Å². The summed E-state index contributed by atoms with van der Waals surface area (Å²) in [7, 11) is 0. The summed E-state index contributed by atoms with van der Waals surface area (Å²) in [6.07, 6.45) is 2.59. The van der Waals surface area contributed by atoms with E-state index in [0.717, 1.165) is 34.3 Å². The molecule has 0 saturated carbocycles. The van der Waals surface area contributed by atoms with Gasteiger partial charge in [-0.2, -0.15) is 0 Å². The molecule has 4 rings (SSSR count). The minimum Gasteiger partial charge on any atom is -0.480 e. The monoisotopic (exact) mass is 352 g/mol. The van der Waals surface area contributed by atoms with Crippen LogP contribution in [-0.2, 0) is 30.8 Å². The maximum absolute atomic E-state index is 12.1. The van der Waals surface area contributed by atoms with Crippen LogP contribution in [0.5, 0.6) is 0 Å². The average Bonchev–Trinajstić information content (AvgIpc) is 2.91. The van der Waals surface area contributed by atoms with Crippen molar-refractivity contribution in [1.29, 1.82) is 0 Å². The summed E-state index contributed by atoms with van der Waals surface area (Å²) in [5.74, 6) is -0.225. The number of fused-ring (bicyclic) bond motifs is 2. The topological polar surface area (TPSA) is 91.2 Å². The van der Waals surface area contributed by atoms with Crippen molar-refractivity contribution >= 4 is 16.9 Å². The maximum atomic E-state index is 12.1. The number of aromatic amines is 1. The molecular formula is C19H20N4O3. The zero-order chi connectivity index (χ0) is 18.3. The normalized spacial score (nSPS) is 14.5. The Morgan fingerprint density at radius 2 is 2.15 bits per heavy atom. The van der Waals surface area contributed by atoms with Gasteiger partial charge in [-0.05, 0) is 25.0 Å². The van der Waals surface area contributed by atoms with Gasteiger partial charge >= 0.3 is 5.97 Å². The molecule has 7 heteroatoms. The number of hydrogen-bond donors (Lipinski definition) is 2. The summed E-state index contributed by atoms with van der Waals surface area (Å²) in [5.41, 5.74) is 3.59. The fraction of sp³-hybridized carbons (Fsp3) is 0.316. The molecule has 3 aromatic rings. The van der Waals surface area contributed by atoms with Crippen LogP contribution in [0.25, 0.3) is 10.9 Å². The Balaban J connectivity index is 1.64. The van der Waals surface area contributed by atoms with Crippen LogP contribution in [0.15, 0.2) is 35.3 Å². The summed E-state index contributed by atoms with van der Waals surface area (Å²) in [5, 5.41) is 10.2. The molecule has 2 N–H and O–H groups in total. The number of H-pyrrole nitrogens is 1. The molecule has 0 fully saturated rings. The predicted octanol–water partition coefficient (Wildman–Crippen LogP) is 1.68. The van der Waals surface area contributed by atoms with Gasteiger partial charge < -0.3 is 14.7 Å². The zero-order valence-electron chi connectivity index (χ0n) is 14.5. The molecule has 134 valence electrons. The van der Waals surface area contributed by atoms with Gasteiger partial charge in [-0.25, -0.2) is 4.98 Å². The first-order valence-electron chi connectivity index (χ1n) is 8.61. The molecule has 1 aliphatic heterocycles. The average molecular weight is 352 g/mol. The quantitative estimate of drug-likeness (QED) is 0.745. The minimum atomic E-state index is -0.858. The fourth-order valence-corrected chi connectivity index (χ4v) is 3.72. The largest absolute Gasteiger partial charge is 0.480 e. The molecule has 26 heavy (non-hydrogen) atoms. The van der Waals surface area contributed by atoms with Gasteiger partial charge in [0.15, 0.2) is 0 Å². The number of carboxylic acids is 1. The van der Waals surface area contributed by atoms with Crippen molar-refractivity contribution in [2.75, 3.05) is 6.54 Å². The highest BCUT2D eigenvalue weighted by molar-refractivity contribution is 5.85. The first-order valence-corrected chi connectivity index (χ1v) is 8.61. The fourth-order valence-electron chi connectivity index (χ4n) is 3.72. The number of hydrogen-bond acceptors (Lipinski definition) is 4. The van der Waals surface area contributed by atoms with E-state index in [0.29, 0.717) is 25.3 Å². The van der Waals surface area contributed by atoms with Gasteiger partial charge in [-0.15, -0.1) is 0 Å². The van der Waals surface area contributed by atoms with E-state index in [1.165, 1.54) is 0 Å². The second-order valence-corrected chi connectivity index (χ2v) is 6.73. The van der Waals surface area contributed by atoms with Crippen molar-refractivity contribution in [3.8, 4) is 0 Å². The lowest BCUT2D eigenvalue weighted by molar-refractivity contribution is -0.137. The molecule has 0 unspecified atom stereocenters. The summed E-state index contributed by atoms with van der Waals surface area (Å²) >= 11 is 0. The summed E-state index contributed by atoms with van der Waals surface area (Å²) in [6.45, 7) is 3.83. The van der Waals surface area contributed by atoms with Crippen molar-refractivity contribution in [2.24, 2.45) is 0 Å². The van der Waals surface area contributed by atoms with E-state index < -0.39 is 5.97 Å². The zero-order valence-corrected chi connectivity index (χ0v) is 14.5. The summed E-state index contributed by atoms with van der Waals surface area (Å²) in [4.78, 5) is 32.7. The first-order chi connectivity index (χ1) is 12.5. The van der Waals surface area contributed by atoms with Crippen molar-refractivity contribution in [3.63, 3.8) is 0 Å². The van der Waals surface area contributed by atoms with Crippen LogP contribution in [0.3, 0.4) is 0 Å². The van der Waals surface area contributed by atoms with Crippen LogP contribution >= 0.6 is 0 Å². The molecule has 0 saturated heterocycles. The minimum absolute atomic E-state index is 0.0368. The number of aromatic nitrogens is 3. The van der Waals surface area contributed by atoms with Crippen molar-refractivity contribution in [3.05, 3.63) is 63.5 Å². The highest BCUT2D eigenvalue weighted by atomic mass is 16.4. The van der Waals surface area contributed by atoms with Crippen LogP contribution < -0.4 is 5.56 Å². The number of nitrogens with zero attached hydrogens (tertiary/aromatic N) is 3. The molecule has 0 atom stereocenters. The maximum Gasteiger partial charge on any atom is 0.323 e. The van der Waals surface area contributed by atoms with E-state index in [1.807, 2.05) is 30.5 Å². The van der Waals surface area contributed by atoms with Gasteiger partial charge in [0.05, 0.1) is 5.69 Å². The van der Waals surface area contributed by atoms with E-state index in [1.54, 1.807) is 11.5 Å². The molecule has 0 radical (unpaired) electrons. The third kappa shape index (κ3) is 3.01. The third-order valence-electron chi connectivity index (χ3n) is 4.84. The molecule has 1 aliphatic rings. The number of para-hydroxylation sites is 1. The number of benzene rings is 1. The van der Waals surface area contributed by atoms with Gasteiger partial charge in [0.25, 0.3) is 5.56 Å². The molecule has 0 spiro atoms. The number of aliphatic carboxylic acids is 1. The van der Waals surface area contributed by atoms with Gasteiger partial charge in [0.2, 0.25) is 0 Å². The second kappa shape index (κ2) is 6.42. The number of aryl methyl sites for hydroxylation is 1. The van der Waals surface area contributed by atoms with Crippen molar-refractivity contribution in [2.45, 2.75) is 33.0 Å². The molecule has 1 aromatic carbocycles. The molecule has 7 nitrogen and oxygen atoms in total. The molecule has 0 aliphatic carbocycles. The lowest BCUT2D eigenvalue weighted by Gasteiger charge is -2.27. The Bertz CT molecular complexity index is 1050. The summed E-state index contributed by atoms with van der Waals surface area (Å²) in [6, 6.07) is 7.85. The van der Waals surface area contributed by atoms with E-state index >= 15 is 0 Å². The third-order valence-corrected chi connectivity index (χ3v) is 4.84. The Hall–Kier alpha value is -2.93. The Kier molecular flexibility index (Phi) is 4.08. The lowest BCUT2D eigenvalue weighted by Crippen LogP contribution is -2.35. The Labute approximate surface area is 149 Å². The molecule has 3 heterocycles. The van der Waals surface area contributed by atoms with Crippen LogP contribution in [0.2, 0.25) is 0 Å². The highest BCUT2D eigenvalue weighted by Crippen LogP contribution is 2.24. The molecule has 0 bridgehead atoms. The Morgan fingerprint density at radius 3 is 2.96 bits per heavy atom. The second-order valence-electron chi connectivity index (χ2n) is 6.73. The number of carboxylic acid groups (broad SMARTS) is 1. The van der Waals surface area contributed by atoms with Gasteiger partial charge in [-0.1, -0.05) is 18.2 Å². The highest BCUT2D eigenvalue weighted by Gasteiger charge is 2.22. The van der Waals surface area contributed by atoms with Gasteiger partial charge in [-0.3, -0.25) is 14.5 Å². The van der Waals surface area contributed by atoms with Crippen molar-refractivity contribution < 1.29 is 9.90 Å². The van der Waals surface area contributed by atoms with E-state index in [9.17, 15) is 9.59 Å². The molecular weight excluding hydrogens is 332 g/mol. The number of carbonyl (C=O) groups is 1. The van der Waals surface area contributed by atoms with E-state index in [-0.39, 0.29) is 12.1 Å². The van der Waals surface area contributed by atoms with E-state index in [2.05, 4.69) is 14.9 Å². The van der Waals surface area contributed by atoms with Crippen LogP contribution in [0.4, 0.5) is 0 Å². The lowest BCUT2D eigenvalue weighted by atomic mass is 10.1. The predicted molar refractivity (Wildman–Crippen MR) is 97.0 cm³/mol. The molecule has 0 amide bonds. The van der Waals surface area contributed by atoms with Gasteiger partial charge in [0.1, 0.15) is 12.4 Å². The van der Waals surface area contributed by atoms with Crippen molar-refractivity contribution in [1.82, 2.24) is 19.4 Å².